The molecule has 2 aromatic carbocycles. The molecule has 0 atom stereocenters. The first-order chi connectivity index (χ1) is 13.1. The van der Waals surface area contributed by atoms with E-state index in [0.717, 1.165) is 39.5 Å². The van der Waals surface area contributed by atoms with Crippen molar-refractivity contribution in [3.05, 3.63) is 70.1 Å². The molecule has 0 saturated heterocycles. The quantitative estimate of drug-likeness (QED) is 0.460. The highest BCUT2D eigenvalue weighted by atomic mass is 35.5. The van der Waals surface area contributed by atoms with Crippen LogP contribution in [-0.2, 0) is 6.54 Å². The van der Waals surface area contributed by atoms with Gasteiger partial charge in [-0.05, 0) is 55.8 Å². The van der Waals surface area contributed by atoms with E-state index in [-0.39, 0.29) is 5.91 Å². The van der Waals surface area contributed by atoms with E-state index in [4.69, 9.17) is 16.6 Å². The van der Waals surface area contributed by atoms with Crippen molar-refractivity contribution in [1.82, 2.24) is 9.55 Å². The fourth-order valence-electron chi connectivity index (χ4n) is 3.08. The number of aryl methyl sites for hydroxylation is 2. The van der Waals surface area contributed by atoms with E-state index in [1.807, 2.05) is 49.4 Å². The second kappa shape index (κ2) is 7.18. The predicted molar refractivity (Wildman–Crippen MR) is 113 cm³/mol. The van der Waals surface area contributed by atoms with Gasteiger partial charge in [0.05, 0.1) is 20.8 Å². The summed E-state index contributed by atoms with van der Waals surface area (Å²) in [4.78, 5) is 19.0. The molecule has 0 aliphatic heterocycles. The van der Waals surface area contributed by atoms with E-state index in [0.29, 0.717) is 9.90 Å². The van der Waals surface area contributed by atoms with Crippen molar-refractivity contribution in [2.45, 2.75) is 20.4 Å². The van der Waals surface area contributed by atoms with Gasteiger partial charge in [0.25, 0.3) is 5.91 Å². The average molecular weight is 396 g/mol. The van der Waals surface area contributed by atoms with Crippen LogP contribution in [-0.4, -0.2) is 15.5 Å². The number of fused-ring (bicyclic) bond motifs is 1. The molecule has 1 N–H and O–H groups in total. The Morgan fingerprint density at radius 1 is 1.19 bits per heavy atom. The van der Waals surface area contributed by atoms with Gasteiger partial charge in [0.2, 0.25) is 0 Å². The Bertz CT molecular complexity index is 1150. The van der Waals surface area contributed by atoms with Crippen LogP contribution >= 0.6 is 22.9 Å². The molecule has 136 valence electrons. The molecular formula is C21H18ClN3OS. The molecule has 6 heteroatoms. The molecule has 0 aliphatic carbocycles. The van der Waals surface area contributed by atoms with E-state index in [1.54, 1.807) is 6.07 Å². The van der Waals surface area contributed by atoms with Crippen molar-refractivity contribution < 1.29 is 4.79 Å². The van der Waals surface area contributed by atoms with Crippen molar-refractivity contribution in [3.63, 3.8) is 0 Å². The minimum absolute atomic E-state index is 0.143. The first-order valence-electron chi connectivity index (χ1n) is 8.70. The monoisotopic (exact) mass is 395 g/mol. The Morgan fingerprint density at radius 2 is 2.00 bits per heavy atom. The molecule has 4 aromatic rings. The summed E-state index contributed by atoms with van der Waals surface area (Å²) in [5.41, 5.74) is 3.76. The predicted octanol–water partition coefficient (Wildman–Crippen LogP) is 6.00. The molecule has 0 radical (unpaired) electrons. The number of aromatic nitrogens is 2. The van der Waals surface area contributed by atoms with Gasteiger partial charge in [-0.25, -0.2) is 4.98 Å². The van der Waals surface area contributed by atoms with Gasteiger partial charge in [-0.3, -0.25) is 4.79 Å². The van der Waals surface area contributed by atoms with E-state index in [9.17, 15) is 4.79 Å². The lowest BCUT2D eigenvalue weighted by Gasteiger charge is -2.07. The number of imidazole rings is 1. The molecule has 0 unspecified atom stereocenters. The number of nitrogens with zero attached hydrogens (tertiary/aromatic N) is 2. The zero-order chi connectivity index (χ0) is 19.0. The van der Waals surface area contributed by atoms with Crippen LogP contribution in [0.1, 0.15) is 22.2 Å². The minimum atomic E-state index is -0.143. The average Bonchev–Trinajstić information content (AvgIpc) is 3.29. The molecule has 4 rings (SSSR count). The number of halogens is 1. The first-order valence-corrected chi connectivity index (χ1v) is 9.89. The summed E-state index contributed by atoms with van der Waals surface area (Å²) in [6, 6.07) is 17.3. The van der Waals surface area contributed by atoms with Crippen LogP contribution in [0.2, 0.25) is 5.02 Å². The van der Waals surface area contributed by atoms with Crippen LogP contribution in [0.15, 0.2) is 54.6 Å². The third-order valence-corrected chi connectivity index (χ3v) is 5.78. The number of carbonyl (C=O) groups is 1. The summed E-state index contributed by atoms with van der Waals surface area (Å²) in [5, 5.41) is 3.54. The van der Waals surface area contributed by atoms with Gasteiger partial charge in [0.15, 0.2) is 5.82 Å². The van der Waals surface area contributed by atoms with Crippen LogP contribution in [0.25, 0.3) is 21.7 Å². The SMILES string of the molecule is CCn1c(-c2ccc(C(=O)Nc3cc(Cl)ccc3C)s2)nc2ccccc21. The van der Waals surface area contributed by atoms with Gasteiger partial charge in [0.1, 0.15) is 0 Å². The fraction of sp³-hybridized carbons (Fsp3) is 0.143. The molecule has 4 nitrogen and oxygen atoms in total. The largest absolute Gasteiger partial charge is 0.324 e. The summed E-state index contributed by atoms with van der Waals surface area (Å²) < 4.78 is 2.17. The molecule has 0 aliphatic rings. The van der Waals surface area contributed by atoms with Gasteiger partial charge in [0, 0.05) is 17.3 Å². The van der Waals surface area contributed by atoms with Crippen LogP contribution in [0.5, 0.6) is 0 Å². The lowest BCUT2D eigenvalue weighted by atomic mass is 10.2. The standard InChI is InChI=1S/C21H18ClN3OS/c1-3-25-17-7-5-4-6-15(17)23-20(25)18-10-11-19(27-18)21(26)24-16-12-14(22)9-8-13(16)2/h4-12H,3H2,1-2H3,(H,24,26). The van der Waals surface area contributed by atoms with Crippen molar-refractivity contribution in [3.8, 4) is 10.7 Å². The van der Waals surface area contributed by atoms with E-state index >= 15 is 0 Å². The molecule has 0 fully saturated rings. The summed E-state index contributed by atoms with van der Waals surface area (Å²) >= 11 is 7.48. The summed E-state index contributed by atoms with van der Waals surface area (Å²) in [6.07, 6.45) is 0. The number of para-hydroxylation sites is 2. The smallest absolute Gasteiger partial charge is 0.265 e. The topological polar surface area (TPSA) is 46.9 Å². The van der Waals surface area contributed by atoms with Gasteiger partial charge in [-0.15, -0.1) is 11.3 Å². The van der Waals surface area contributed by atoms with Crippen molar-refractivity contribution in [1.29, 1.82) is 0 Å². The van der Waals surface area contributed by atoms with Gasteiger partial charge < -0.3 is 9.88 Å². The molecule has 2 aromatic heterocycles. The maximum Gasteiger partial charge on any atom is 0.265 e. The summed E-state index contributed by atoms with van der Waals surface area (Å²) in [5.74, 6) is 0.748. The highest BCUT2D eigenvalue weighted by molar-refractivity contribution is 7.17. The number of thiophene rings is 1. The number of amides is 1. The second-order valence-corrected chi connectivity index (χ2v) is 7.77. The second-order valence-electron chi connectivity index (χ2n) is 6.25. The Kier molecular flexibility index (Phi) is 4.72. The Hall–Kier alpha value is -2.63. The number of hydrogen-bond donors (Lipinski definition) is 1. The van der Waals surface area contributed by atoms with Gasteiger partial charge in [-0.1, -0.05) is 29.8 Å². The molecular weight excluding hydrogens is 378 g/mol. The van der Waals surface area contributed by atoms with Crippen LogP contribution in [0.4, 0.5) is 5.69 Å². The number of carbonyl (C=O) groups excluding carboxylic acids is 1. The highest BCUT2D eigenvalue weighted by Crippen LogP contribution is 2.31. The first kappa shape index (κ1) is 17.8. The highest BCUT2D eigenvalue weighted by Gasteiger charge is 2.16. The molecule has 1 amide bonds. The molecule has 27 heavy (non-hydrogen) atoms. The Labute approximate surface area is 166 Å². The maximum absolute atomic E-state index is 12.7. The number of nitrogens with one attached hydrogen (secondary N) is 1. The number of benzene rings is 2. The van der Waals surface area contributed by atoms with Crippen LogP contribution in [0, 0.1) is 6.92 Å². The molecule has 0 saturated carbocycles. The van der Waals surface area contributed by atoms with E-state index < -0.39 is 0 Å². The lowest BCUT2D eigenvalue weighted by Crippen LogP contribution is -2.11. The third kappa shape index (κ3) is 3.36. The normalized spacial score (nSPS) is 11.1. The molecule has 0 bridgehead atoms. The number of hydrogen-bond acceptors (Lipinski definition) is 3. The van der Waals surface area contributed by atoms with Crippen LogP contribution < -0.4 is 5.32 Å². The summed E-state index contributed by atoms with van der Waals surface area (Å²) in [7, 11) is 0. The molecule has 0 spiro atoms. The van der Waals surface area contributed by atoms with Gasteiger partial charge in [-0.2, -0.15) is 0 Å². The van der Waals surface area contributed by atoms with Crippen molar-refractivity contribution in [2.75, 3.05) is 5.32 Å². The fourth-order valence-corrected chi connectivity index (χ4v) is 4.15. The van der Waals surface area contributed by atoms with E-state index in [2.05, 4.69) is 22.9 Å². The molecule has 2 heterocycles. The minimum Gasteiger partial charge on any atom is -0.324 e. The number of anilines is 1. The zero-order valence-electron chi connectivity index (χ0n) is 15.0. The van der Waals surface area contributed by atoms with Gasteiger partial charge >= 0.3 is 0 Å². The maximum atomic E-state index is 12.7. The third-order valence-electron chi connectivity index (χ3n) is 4.47. The zero-order valence-corrected chi connectivity index (χ0v) is 16.6. The summed E-state index contributed by atoms with van der Waals surface area (Å²) in [6.45, 7) is 4.85. The Morgan fingerprint density at radius 3 is 2.81 bits per heavy atom. The lowest BCUT2D eigenvalue weighted by molar-refractivity contribution is 0.103. The number of rotatable bonds is 4. The Balaban J connectivity index is 1.66. The van der Waals surface area contributed by atoms with Crippen LogP contribution in [0.3, 0.4) is 0 Å². The van der Waals surface area contributed by atoms with Crippen molar-refractivity contribution in [2.24, 2.45) is 0 Å². The van der Waals surface area contributed by atoms with Crippen molar-refractivity contribution >= 4 is 45.6 Å². The van der Waals surface area contributed by atoms with E-state index in [1.165, 1.54) is 11.3 Å².